The number of likely N-dealkylation sites (tertiary alicyclic amines) is 1. The minimum atomic E-state index is 0.334. The number of nitrogens with zero attached hydrogens (tertiary/aromatic N) is 1. The molecule has 0 aliphatic carbocycles. The second kappa shape index (κ2) is 5.35. The Hall–Kier alpha value is -0.570. The van der Waals surface area contributed by atoms with Crippen LogP contribution >= 0.6 is 0 Å². The van der Waals surface area contributed by atoms with Gasteiger partial charge in [0.25, 0.3) is 0 Å². The molecule has 0 aromatic carbocycles. The van der Waals surface area contributed by atoms with E-state index in [0.717, 1.165) is 32.5 Å². The Labute approximate surface area is 86.9 Å². The Bertz CT molecular complexity index is 194. The van der Waals surface area contributed by atoms with Crippen molar-refractivity contribution in [3.8, 4) is 0 Å². The third kappa shape index (κ3) is 3.29. The molecule has 2 atom stereocenters. The lowest BCUT2D eigenvalue weighted by molar-refractivity contribution is -0.127. The maximum Gasteiger partial charge on any atom is 0.222 e. The van der Waals surface area contributed by atoms with Gasteiger partial charge in [0, 0.05) is 25.6 Å². The van der Waals surface area contributed by atoms with Crippen LogP contribution in [-0.4, -0.2) is 36.5 Å². The number of hydrogen-bond donors (Lipinski definition) is 1. The number of nitrogens with one attached hydrogen (secondary N) is 1. The zero-order valence-corrected chi connectivity index (χ0v) is 9.55. The van der Waals surface area contributed by atoms with Crippen LogP contribution in [0, 0.1) is 5.92 Å². The average Bonchev–Trinajstić information content (AvgIpc) is 2.42. The molecule has 0 radical (unpaired) electrons. The first-order valence-corrected chi connectivity index (χ1v) is 5.64. The third-order valence-corrected chi connectivity index (χ3v) is 2.79. The molecule has 1 N–H and O–H groups in total. The molecule has 1 aliphatic heterocycles. The molecule has 1 amide bonds. The summed E-state index contributed by atoms with van der Waals surface area (Å²) in [5.41, 5.74) is 0. The summed E-state index contributed by atoms with van der Waals surface area (Å²) in [5, 5.41) is 3.36. The number of amides is 1. The highest BCUT2D eigenvalue weighted by molar-refractivity contribution is 5.78. The third-order valence-electron chi connectivity index (χ3n) is 2.79. The molecule has 1 saturated heterocycles. The van der Waals surface area contributed by atoms with Crippen molar-refractivity contribution < 1.29 is 4.79 Å². The molecular weight excluding hydrogens is 176 g/mol. The first-order chi connectivity index (χ1) is 6.63. The van der Waals surface area contributed by atoms with E-state index in [1.807, 2.05) is 4.90 Å². The summed E-state index contributed by atoms with van der Waals surface area (Å²) in [6, 6.07) is 0.517. The van der Waals surface area contributed by atoms with Gasteiger partial charge in [0.1, 0.15) is 0 Å². The SMILES string of the molecule is CCNC(C)CCN1CC(C)CC1=O. The van der Waals surface area contributed by atoms with E-state index in [2.05, 4.69) is 26.1 Å². The van der Waals surface area contributed by atoms with Gasteiger partial charge in [-0.25, -0.2) is 0 Å². The first-order valence-electron chi connectivity index (χ1n) is 5.64. The quantitative estimate of drug-likeness (QED) is 0.721. The number of hydrogen-bond acceptors (Lipinski definition) is 2. The van der Waals surface area contributed by atoms with Gasteiger partial charge in [-0.1, -0.05) is 13.8 Å². The van der Waals surface area contributed by atoms with Crippen molar-refractivity contribution in [2.75, 3.05) is 19.6 Å². The monoisotopic (exact) mass is 198 g/mol. The summed E-state index contributed by atoms with van der Waals surface area (Å²) in [4.78, 5) is 13.5. The van der Waals surface area contributed by atoms with E-state index in [1.54, 1.807) is 0 Å². The average molecular weight is 198 g/mol. The summed E-state index contributed by atoms with van der Waals surface area (Å²) in [5.74, 6) is 0.887. The van der Waals surface area contributed by atoms with Crippen LogP contribution in [0.5, 0.6) is 0 Å². The van der Waals surface area contributed by atoms with Crippen LogP contribution in [0.2, 0.25) is 0 Å². The maximum atomic E-state index is 11.5. The van der Waals surface area contributed by atoms with Gasteiger partial charge in [0.15, 0.2) is 0 Å². The second-order valence-corrected chi connectivity index (χ2v) is 4.40. The molecule has 1 aliphatic rings. The summed E-state index contributed by atoms with van der Waals surface area (Å²) in [6.45, 7) is 9.30. The standard InChI is InChI=1S/C11H22N2O/c1-4-12-10(3)5-6-13-8-9(2)7-11(13)14/h9-10,12H,4-8H2,1-3H3. The number of carbonyl (C=O) groups excluding carboxylic acids is 1. The summed E-state index contributed by atoms with van der Waals surface area (Å²) >= 11 is 0. The highest BCUT2D eigenvalue weighted by Crippen LogP contribution is 2.16. The van der Waals surface area contributed by atoms with E-state index in [4.69, 9.17) is 0 Å². The molecule has 0 bridgehead atoms. The van der Waals surface area contributed by atoms with Crippen molar-refractivity contribution in [2.45, 2.75) is 39.7 Å². The fraction of sp³-hybridized carbons (Fsp3) is 0.909. The van der Waals surface area contributed by atoms with Crippen molar-refractivity contribution in [1.29, 1.82) is 0 Å². The van der Waals surface area contributed by atoms with Gasteiger partial charge in [-0.2, -0.15) is 0 Å². The van der Waals surface area contributed by atoms with Gasteiger partial charge >= 0.3 is 0 Å². The highest BCUT2D eigenvalue weighted by Gasteiger charge is 2.25. The molecule has 1 fully saturated rings. The van der Waals surface area contributed by atoms with E-state index in [0.29, 0.717) is 17.9 Å². The minimum absolute atomic E-state index is 0.334. The van der Waals surface area contributed by atoms with E-state index < -0.39 is 0 Å². The Balaban J connectivity index is 2.21. The first kappa shape index (κ1) is 11.5. The summed E-state index contributed by atoms with van der Waals surface area (Å²) in [7, 11) is 0. The molecule has 3 heteroatoms. The molecule has 82 valence electrons. The summed E-state index contributed by atoms with van der Waals surface area (Å²) in [6.07, 6.45) is 1.81. The van der Waals surface area contributed by atoms with Crippen LogP contribution in [0.15, 0.2) is 0 Å². The lowest BCUT2D eigenvalue weighted by Gasteiger charge is -2.19. The molecule has 0 aromatic rings. The van der Waals surface area contributed by atoms with Gasteiger partial charge < -0.3 is 10.2 Å². The van der Waals surface area contributed by atoms with Crippen molar-refractivity contribution >= 4 is 5.91 Å². The lowest BCUT2D eigenvalue weighted by atomic mass is 10.2. The van der Waals surface area contributed by atoms with Crippen LogP contribution < -0.4 is 5.32 Å². The molecule has 1 rings (SSSR count). The van der Waals surface area contributed by atoms with E-state index in [-0.39, 0.29) is 0 Å². The zero-order valence-electron chi connectivity index (χ0n) is 9.55. The van der Waals surface area contributed by atoms with Crippen molar-refractivity contribution in [1.82, 2.24) is 10.2 Å². The fourth-order valence-corrected chi connectivity index (χ4v) is 1.99. The number of carbonyl (C=O) groups is 1. The normalized spacial score (nSPS) is 24.4. The predicted molar refractivity (Wildman–Crippen MR) is 58.1 cm³/mol. The molecule has 3 nitrogen and oxygen atoms in total. The molecule has 2 unspecified atom stereocenters. The Morgan fingerprint density at radius 3 is 2.86 bits per heavy atom. The second-order valence-electron chi connectivity index (χ2n) is 4.40. The Kier molecular flexibility index (Phi) is 4.39. The van der Waals surface area contributed by atoms with Gasteiger partial charge in [-0.3, -0.25) is 4.79 Å². The minimum Gasteiger partial charge on any atom is -0.342 e. The Morgan fingerprint density at radius 1 is 1.64 bits per heavy atom. The highest BCUT2D eigenvalue weighted by atomic mass is 16.2. The van der Waals surface area contributed by atoms with Crippen LogP contribution in [0.1, 0.15) is 33.6 Å². The molecule has 1 heterocycles. The van der Waals surface area contributed by atoms with Gasteiger partial charge in [-0.15, -0.1) is 0 Å². The number of rotatable bonds is 5. The lowest BCUT2D eigenvalue weighted by Crippen LogP contribution is -2.33. The molecule has 0 spiro atoms. The van der Waals surface area contributed by atoms with Crippen molar-refractivity contribution in [3.05, 3.63) is 0 Å². The molecule has 0 saturated carbocycles. The van der Waals surface area contributed by atoms with Crippen molar-refractivity contribution in [3.63, 3.8) is 0 Å². The van der Waals surface area contributed by atoms with Gasteiger partial charge in [0.2, 0.25) is 5.91 Å². The Morgan fingerprint density at radius 2 is 2.36 bits per heavy atom. The molecular formula is C11H22N2O. The topological polar surface area (TPSA) is 32.3 Å². The summed E-state index contributed by atoms with van der Waals surface area (Å²) < 4.78 is 0. The van der Waals surface area contributed by atoms with Crippen LogP contribution in [-0.2, 0) is 4.79 Å². The van der Waals surface area contributed by atoms with E-state index in [9.17, 15) is 4.79 Å². The fourth-order valence-electron chi connectivity index (χ4n) is 1.99. The van der Waals surface area contributed by atoms with Crippen LogP contribution in [0.3, 0.4) is 0 Å². The van der Waals surface area contributed by atoms with Crippen molar-refractivity contribution in [2.24, 2.45) is 5.92 Å². The van der Waals surface area contributed by atoms with E-state index >= 15 is 0 Å². The van der Waals surface area contributed by atoms with Gasteiger partial charge in [0.05, 0.1) is 0 Å². The maximum absolute atomic E-state index is 11.5. The molecule has 14 heavy (non-hydrogen) atoms. The van der Waals surface area contributed by atoms with Gasteiger partial charge in [-0.05, 0) is 25.8 Å². The largest absolute Gasteiger partial charge is 0.342 e. The van der Waals surface area contributed by atoms with Crippen LogP contribution in [0.4, 0.5) is 0 Å². The smallest absolute Gasteiger partial charge is 0.222 e. The van der Waals surface area contributed by atoms with E-state index in [1.165, 1.54) is 0 Å². The zero-order chi connectivity index (χ0) is 10.6. The van der Waals surface area contributed by atoms with Crippen LogP contribution in [0.25, 0.3) is 0 Å². The predicted octanol–water partition coefficient (Wildman–Crippen LogP) is 1.24. The molecule has 0 aromatic heterocycles.